The van der Waals surface area contributed by atoms with Crippen molar-refractivity contribution in [3.8, 4) is 17.2 Å². The lowest BCUT2D eigenvalue weighted by Crippen LogP contribution is -2.40. The summed E-state index contributed by atoms with van der Waals surface area (Å²) in [4.78, 5) is 32.0. The predicted octanol–water partition coefficient (Wildman–Crippen LogP) is 3.21. The molecule has 2 aromatic carbocycles. The van der Waals surface area contributed by atoms with Gasteiger partial charge in [-0.2, -0.15) is 0 Å². The Morgan fingerprint density at radius 1 is 1.06 bits per heavy atom. The maximum absolute atomic E-state index is 13.8. The normalized spacial score (nSPS) is 15.2. The van der Waals surface area contributed by atoms with E-state index in [0.29, 0.717) is 50.0 Å². The molecular weight excluding hydrogens is 480 g/mol. The zero-order valence-electron chi connectivity index (χ0n) is 20.9. The van der Waals surface area contributed by atoms with E-state index in [0.717, 1.165) is 5.56 Å². The van der Waals surface area contributed by atoms with Crippen molar-refractivity contribution in [3.05, 3.63) is 84.5 Å². The summed E-state index contributed by atoms with van der Waals surface area (Å²) in [5.41, 5.74) is 1.98. The Hall–Kier alpha value is -3.85. The molecule has 1 aliphatic rings. The highest BCUT2D eigenvalue weighted by Gasteiger charge is 2.34. The minimum atomic E-state index is -0.746. The van der Waals surface area contributed by atoms with Crippen molar-refractivity contribution >= 4 is 23.4 Å². The summed E-state index contributed by atoms with van der Waals surface area (Å²) in [6.07, 6.45) is 1.78. The molecule has 1 aliphatic heterocycles. The second-order valence-electron chi connectivity index (χ2n) is 7.89. The molecule has 0 aliphatic carbocycles. The average molecular weight is 509 g/mol. The number of carbonyl (C=O) groups is 1. The lowest BCUT2D eigenvalue weighted by Gasteiger charge is -2.25. The second-order valence-corrected chi connectivity index (χ2v) is 8.90. The fraction of sp³-hybridized carbons (Fsp3) is 0.296. The number of methoxy groups -OCH3 is 2. The number of allylic oxidation sites excluding steroid dienone is 1. The van der Waals surface area contributed by atoms with Gasteiger partial charge in [0.15, 0.2) is 16.3 Å². The van der Waals surface area contributed by atoms with Crippen LogP contribution in [0.1, 0.15) is 37.9 Å². The number of carbonyl (C=O) groups excluding carboxylic acids is 1. The van der Waals surface area contributed by atoms with E-state index in [9.17, 15) is 9.59 Å². The van der Waals surface area contributed by atoms with Crippen molar-refractivity contribution in [1.82, 2.24) is 4.57 Å². The minimum absolute atomic E-state index is 0.202. The number of para-hydroxylation sites is 1. The topological polar surface area (TPSA) is 88.4 Å². The first-order chi connectivity index (χ1) is 17.4. The SMILES string of the molecule is CCOC(=O)C1=C(C)N=c2s/c(=C\c3ccccc3OC)c(=O)n2C1c1ccc(OCC)c(OC)c1. The van der Waals surface area contributed by atoms with E-state index >= 15 is 0 Å². The minimum Gasteiger partial charge on any atom is -0.496 e. The molecule has 36 heavy (non-hydrogen) atoms. The van der Waals surface area contributed by atoms with Crippen molar-refractivity contribution in [2.75, 3.05) is 27.4 Å². The first-order valence-electron chi connectivity index (χ1n) is 11.6. The average Bonchev–Trinajstić information content (AvgIpc) is 3.18. The van der Waals surface area contributed by atoms with Gasteiger partial charge in [0.2, 0.25) is 0 Å². The monoisotopic (exact) mass is 508 g/mol. The van der Waals surface area contributed by atoms with Crippen LogP contribution >= 0.6 is 11.3 Å². The van der Waals surface area contributed by atoms with Gasteiger partial charge in [0.05, 0.1) is 49.3 Å². The molecule has 3 aromatic rings. The van der Waals surface area contributed by atoms with E-state index < -0.39 is 12.0 Å². The zero-order valence-corrected chi connectivity index (χ0v) is 21.7. The van der Waals surface area contributed by atoms with E-state index in [1.807, 2.05) is 37.3 Å². The number of hydrogen-bond acceptors (Lipinski definition) is 8. The summed E-state index contributed by atoms with van der Waals surface area (Å²) in [5, 5.41) is 0. The van der Waals surface area contributed by atoms with E-state index in [1.54, 1.807) is 50.8 Å². The fourth-order valence-corrected chi connectivity index (χ4v) is 5.20. The Kier molecular flexibility index (Phi) is 7.59. The molecule has 0 spiro atoms. The van der Waals surface area contributed by atoms with Gasteiger partial charge in [0.1, 0.15) is 5.75 Å². The molecule has 9 heteroatoms. The fourth-order valence-electron chi connectivity index (χ4n) is 4.16. The van der Waals surface area contributed by atoms with Gasteiger partial charge in [-0.15, -0.1) is 0 Å². The van der Waals surface area contributed by atoms with Gasteiger partial charge in [-0.25, -0.2) is 9.79 Å². The summed E-state index contributed by atoms with van der Waals surface area (Å²) in [5.74, 6) is 1.21. The largest absolute Gasteiger partial charge is 0.496 e. The molecule has 0 saturated carbocycles. The van der Waals surface area contributed by atoms with Crippen molar-refractivity contribution in [1.29, 1.82) is 0 Å². The van der Waals surface area contributed by atoms with Gasteiger partial charge in [-0.1, -0.05) is 35.6 Å². The van der Waals surface area contributed by atoms with Gasteiger partial charge in [0.25, 0.3) is 5.56 Å². The van der Waals surface area contributed by atoms with E-state index in [4.69, 9.17) is 18.9 Å². The van der Waals surface area contributed by atoms with Gasteiger partial charge in [-0.3, -0.25) is 9.36 Å². The van der Waals surface area contributed by atoms with Gasteiger partial charge in [0, 0.05) is 5.56 Å². The van der Waals surface area contributed by atoms with Crippen LogP contribution in [0.3, 0.4) is 0 Å². The molecule has 0 amide bonds. The zero-order chi connectivity index (χ0) is 25.8. The first-order valence-corrected chi connectivity index (χ1v) is 12.4. The maximum Gasteiger partial charge on any atom is 0.338 e. The van der Waals surface area contributed by atoms with Crippen molar-refractivity contribution < 1.29 is 23.7 Å². The number of aromatic nitrogens is 1. The molecule has 0 radical (unpaired) electrons. The highest BCUT2D eigenvalue weighted by atomic mass is 32.1. The second kappa shape index (κ2) is 10.8. The van der Waals surface area contributed by atoms with Crippen LogP contribution < -0.4 is 29.1 Å². The smallest absolute Gasteiger partial charge is 0.338 e. The summed E-state index contributed by atoms with van der Waals surface area (Å²) in [6.45, 7) is 6.06. The lowest BCUT2D eigenvalue weighted by atomic mass is 9.95. The van der Waals surface area contributed by atoms with Gasteiger partial charge < -0.3 is 18.9 Å². The van der Waals surface area contributed by atoms with E-state index in [1.165, 1.54) is 11.3 Å². The highest BCUT2D eigenvalue weighted by molar-refractivity contribution is 7.07. The Labute approximate surface area is 212 Å². The molecule has 0 N–H and O–H groups in total. The number of nitrogens with zero attached hydrogens (tertiary/aromatic N) is 2. The Morgan fingerprint density at radius 2 is 1.81 bits per heavy atom. The Balaban J connectivity index is 1.97. The van der Waals surface area contributed by atoms with Crippen LogP contribution in [0, 0.1) is 0 Å². The summed E-state index contributed by atoms with van der Waals surface area (Å²) in [6, 6.07) is 12.1. The predicted molar refractivity (Wildman–Crippen MR) is 138 cm³/mol. The Morgan fingerprint density at radius 3 is 2.50 bits per heavy atom. The van der Waals surface area contributed by atoms with Crippen molar-refractivity contribution in [2.45, 2.75) is 26.8 Å². The molecule has 8 nitrogen and oxygen atoms in total. The molecule has 0 fully saturated rings. The molecule has 188 valence electrons. The molecule has 1 aromatic heterocycles. The first kappa shape index (κ1) is 25.2. The third-order valence-corrected chi connectivity index (χ3v) is 6.73. The summed E-state index contributed by atoms with van der Waals surface area (Å²) < 4.78 is 24.0. The molecule has 1 atom stereocenters. The molecule has 4 rings (SSSR count). The van der Waals surface area contributed by atoms with Crippen molar-refractivity contribution in [3.63, 3.8) is 0 Å². The van der Waals surface area contributed by atoms with E-state index in [-0.39, 0.29) is 12.2 Å². The molecule has 1 unspecified atom stereocenters. The van der Waals surface area contributed by atoms with Crippen LogP contribution in [-0.4, -0.2) is 38.0 Å². The Bertz CT molecular complexity index is 1500. The third kappa shape index (κ3) is 4.66. The standard InChI is InChI=1S/C27H28N2O6S/c1-6-34-20-13-12-18(14-21(20)33-5)24-23(26(31)35-7-2)16(3)28-27-29(24)25(30)22(36-27)15-17-10-8-9-11-19(17)32-4/h8-15,24H,6-7H2,1-5H3/b22-15-. The summed E-state index contributed by atoms with van der Waals surface area (Å²) >= 11 is 1.26. The molecule has 0 saturated heterocycles. The molecular formula is C27H28N2O6S. The highest BCUT2D eigenvalue weighted by Crippen LogP contribution is 2.36. The van der Waals surface area contributed by atoms with Crippen LogP contribution in [0.5, 0.6) is 17.2 Å². The number of ether oxygens (including phenoxy) is 4. The number of hydrogen-bond donors (Lipinski definition) is 0. The molecule has 0 bridgehead atoms. The number of benzene rings is 2. The number of fused-ring (bicyclic) bond motifs is 1. The number of esters is 1. The van der Waals surface area contributed by atoms with Gasteiger partial charge in [-0.05, 0) is 50.6 Å². The van der Waals surface area contributed by atoms with Gasteiger partial charge >= 0.3 is 5.97 Å². The van der Waals surface area contributed by atoms with Crippen molar-refractivity contribution in [2.24, 2.45) is 4.99 Å². The third-order valence-electron chi connectivity index (χ3n) is 5.75. The summed E-state index contributed by atoms with van der Waals surface area (Å²) in [7, 11) is 3.14. The van der Waals surface area contributed by atoms with Crippen LogP contribution in [0.15, 0.2) is 63.5 Å². The lowest BCUT2D eigenvalue weighted by molar-refractivity contribution is -0.139. The van der Waals surface area contributed by atoms with E-state index in [2.05, 4.69) is 4.99 Å². The number of rotatable bonds is 8. The van der Waals surface area contributed by atoms with Crippen LogP contribution in [0.25, 0.3) is 6.08 Å². The van der Waals surface area contributed by atoms with Crippen LogP contribution in [-0.2, 0) is 9.53 Å². The molecule has 2 heterocycles. The van der Waals surface area contributed by atoms with Crippen LogP contribution in [0.4, 0.5) is 0 Å². The van der Waals surface area contributed by atoms with Crippen LogP contribution in [0.2, 0.25) is 0 Å². The maximum atomic E-state index is 13.8. The number of thiazole rings is 1. The quantitative estimate of drug-likeness (QED) is 0.434.